The Bertz CT molecular complexity index is 1050. The summed E-state index contributed by atoms with van der Waals surface area (Å²) in [5, 5.41) is 13.5. The fourth-order valence-corrected chi connectivity index (χ4v) is 2.69. The van der Waals surface area contributed by atoms with Gasteiger partial charge in [-0.05, 0) is 12.5 Å². The molecule has 4 rings (SSSR count). The van der Waals surface area contributed by atoms with Crippen molar-refractivity contribution in [2.45, 2.75) is 19.6 Å². The monoisotopic (exact) mass is 371 g/mol. The lowest BCUT2D eigenvalue weighted by molar-refractivity contribution is -0.0528. The van der Waals surface area contributed by atoms with Crippen LogP contribution in [0.1, 0.15) is 18.5 Å². The summed E-state index contributed by atoms with van der Waals surface area (Å²) in [5.74, 6) is 0.544. The summed E-state index contributed by atoms with van der Waals surface area (Å²) in [6.07, 6.45) is 3.17. The number of H-pyrrole nitrogens is 1. The maximum Gasteiger partial charge on any atom is 0.388 e. The van der Waals surface area contributed by atoms with E-state index in [2.05, 4.69) is 35.3 Å². The van der Waals surface area contributed by atoms with E-state index < -0.39 is 6.61 Å². The molecule has 10 heteroatoms. The van der Waals surface area contributed by atoms with Crippen LogP contribution in [0.5, 0.6) is 5.88 Å². The van der Waals surface area contributed by atoms with Gasteiger partial charge < -0.3 is 10.1 Å². The molecule has 1 unspecified atom stereocenters. The van der Waals surface area contributed by atoms with Crippen molar-refractivity contribution in [1.82, 2.24) is 29.9 Å². The number of ether oxygens (including phenoxy) is 1. The minimum Gasteiger partial charge on any atom is -0.415 e. The van der Waals surface area contributed by atoms with Gasteiger partial charge in [-0.3, -0.25) is 5.10 Å². The second kappa shape index (κ2) is 6.98. The summed E-state index contributed by atoms with van der Waals surface area (Å²) in [5.41, 5.74) is 2.33. The van der Waals surface area contributed by atoms with Gasteiger partial charge in [-0.15, -0.1) is 5.10 Å². The van der Waals surface area contributed by atoms with Crippen LogP contribution < -0.4 is 10.1 Å². The average Bonchev–Trinajstić information content (AvgIpc) is 3.28. The largest absolute Gasteiger partial charge is 0.415 e. The van der Waals surface area contributed by atoms with Crippen LogP contribution in [-0.4, -0.2) is 36.6 Å². The van der Waals surface area contributed by atoms with Crippen LogP contribution in [0.4, 0.5) is 20.4 Å². The van der Waals surface area contributed by atoms with Gasteiger partial charge in [0.25, 0.3) is 0 Å². The zero-order valence-electron chi connectivity index (χ0n) is 14.2. The van der Waals surface area contributed by atoms with E-state index in [0.29, 0.717) is 22.8 Å². The molecular weight excluding hydrogens is 356 g/mol. The van der Waals surface area contributed by atoms with E-state index in [-0.39, 0.29) is 11.9 Å². The minimum atomic E-state index is -2.94. The highest BCUT2D eigenvalue weighted by Gasteiger charge is 2.15. The quantitative estimate of drug-likeness (QED) is 0.539. The van der Waals surface area contributed by atoms with Crippen LogP contribution >= 0.6 is 0 Å². The minimum absolute atomic E-state index is 0.0357. The van der Waals surface area contributed by atoms with Gasteiger partial charge in [0.2, 0.25) is 5.88 Å². The number of aromatic nitrogens is 6. The fourth-order valence-electron chi connectivity index (χ4n) is 2.69. The Morgan fingerprint density at radius 2 is 2.00 bits per heavy atom. The van der Waals surface area contributed by atoms with Gasteiger partial charge in [-0.2, -0.15) is 13.9 Å². The van der Waals surface area contributed by atoms with Crippen molar-refractivity contribution in [2.24, 2.45) is 0 Å². The molecule has 27 heavy (non-hydrogen) atoms. The number of benzene rings is 1. The van der Waals surface area contributed by atoms with Crippen LogP contribution in [0.2, 0.25) is 0 Å². The number of hydrogen-bond donors (Lipinski definition) is 2. The Labute approximate surface area is 152 Å². The molecule has 0 aliphatic rings. The number of alkyl halides is 2. The van der Waals surface area contributed by atoms with Gasteiger partial charge in [-0.1, -0.05) is 30.3 Å². The van der Waals surface area contributed by atoms with E-state index in [4.69, 9.17) is 0 Å². The van der Waals surface area contributed by atoms with E-state index in [1.165, 1.54) is 12.3 Å². The molecule has 0 saturated heterocycles. The summed E-state index contributed by atoms with van der Waals surface area (Å²) in [6.45, 7) is -0.919. The molecule has 0 spiro atoms. The summed E-state index contributed by atoms with van der Waals surface area (Å²) in [7, 11) is 0. The van der Waals surface area contributed by atoms with E-state index in [1.54, 1.807) is 10.9 Å². The lowest BCUT2D eigenvalue weighted by Gasteiger charge is -2.13. The summed E-state index contributed by atoms with van der Waals surface area (Å²) in [4.78, 5) is 8.87. The number of anilines is 2. The first kappa shape index (κ1) is 16.9. The topological polar surface area (TPSA) is 93.5 Å². The van der Waals surface area contributed by atoms with Crippen molar-refractivity contribution in [3.05, 3.63) is 54.4 Å². The van der Waals surface area contributed by atoms with Gasteiger partial charge >= 0.3 is 6.61 Å². The molecule has 1 atom stereocenters. The predicted octanol–water partition coefficient (Wildman–Crippen LogP) is 3.50. The van der Waals surface area contributed by atoms with Crippen molar-refractivity contribution in [1.29, 1.82) is 0 Å². The van der Waals surface area contributed by atoms with Crippen LogP contribution in [0.15, 0.2) is 48.8 Å². The zero-order valence-corrected chi connectivity index (χ0v) is 14.2. The first-order valence-corrected chi connectivity index (χ1v) is 8.12. The number of halogens is 2. The molecule has 0 bridgehead atoms. The van der Waals surface area contributed by atoms with Crippen LogP contribution in [-0.2, 0) is 0 Å². The maximum absolute atomic E-state index is 12.2. The Morgan fingerprint density at radius 1 is 1.19 bits per heavy atom. The van der Waals surface area contributed by atoms with E-state index in [1.807, 2.05) is 37.3 Å². The smallest absolute Gasteiger partial charge is 0.388 e. The molecule has 3 aromatic heterocycles. The molecule has 2 N–H and O–H groups in total. The lowest BCUT2D eigenvalue weighted by Crippen LogP contribution is -2.09. The fraction of sp³-hybridized carbons (Fsp3) is 0.176. The van der Waals surface area contributed by atoms with Gasteiger partial charge in [0.15, 0.2) is 11.5 Å². The molecule has 4 aromatic rings. The van der Waals surface area contributed by atoms with Crippen molar-refractivity contribution >= 4 is 22.8 Å². The molecule has 3 heterocycles. The van der Waals surface area contributed by atoms with Crippen LogP contribution in [0.25, 0.3) is 11.2 Å². The SMILES string of the molecule is CC(c1ccccc1)n1ncc2ncc(Nc3cc(OC(F)F)n[nH]3)nc21. The van der Waals surface area contributed by atoms with Crippen LogP contribution in [0, 0.1) is 0 Å². The first-order valence-electron chi connectivity index (χ1n) is 8.12. The number of hydrogen-bond acceptors (Lipinski definition) is 6. The van der Waals surface area contributed by atoms with E-state index >= 15 is 0 Å². The number of rotatable bonds is 6. The number of aromatic amines is 1. The second-order valence-corrected chi connectivity index (χ2v) is 5.76. The molecular formula is C17H15F2N7O. The third-order valence-corrected chi connectivity index (χ3v) is 3.98. The van der Waals surface area contributed by atoms with Gasteiger partial charge in [-0.25, -0.2) is 14.6 Å². The van der Waals surface area contributed by atoms with Crippen molar-refractivity contribution in [2.75, 3.05) is 5.32 Å². The Hall–Kier alpha value is -3.56. The molecule has 1 aromatic carbocycles. The normalized spacial score (nSPS) is 12.4. The molecule has 0 radical (unpaired) electrons. The van der Waals surface area contributed by atoms with Crippen molar-refractivity contribution in [3.63, 3.8) is 0 Å². The maximum atomic E-state index is 12.2. The summed E-state index contributed by atoms with van der Waals surface area (Å²) in [6, 6.07) is 11.2. The highest BCUT2D eigenvalue weighted by molar-refractivity contribution is 5.72. The Kier molecular flexibility index (Phi) is 4.37. The Morgan fingerprint density at radius 3 is 2.78 bits per heavy atom. The molecule has 0 aliphatic heterocycles. The Balaban J connectivity index is 1.61. The molecule has 138 valence electrons. The van der Waals surface area contributed by atoms with E-state index in [0.717, 1.165) is 5.56 Å². The standard InChI is InChI=1S/C17H15F2N7O/c1-10(11-5-3-2-4-6-11)26-16-12(8-21-26)20-9-14(23-16)22-13-7-15(25-24-13)27-17(18)19/h2-10,17H,1H3,(H2,22,23,24,25). The van der Waals surface area contributed by atoms with E-state index in [9.17, 15) is 8.78 Å². The number of nitrogens with one attached hydrogen (secondary N) is 2. The molecule has 8 nitrogen and oxygen atoms in total. The zero-order chi connectivity index (χ0) is 18.8. The predicted molar refractivity (Wildman–Crippen MR) is 94.1 cm³/mol. The van der Waals surface area contributed by atoms with Gasteiger partial charge in [0.05, 0.1) is 18.4 Å². The first-order chi connectivity index (χ1) is 13.1. The van der Waals surface area contributed by atoms with Gasteiger partial charge in [0, 0.05) is 6.07 Å². The average molecular weight is 371 g/mol. The molecule has 0 aliphatic carbocycles. The second-order valence-electron chi connectivity index (χ2n) is 5.76. The third kappa shape index (κ3) is 3.54. The van der Waals surface area contributed by atoms with Gasteiger partial charge in [0.1, 0.15) is 11.3 Å². The highest BCUT2D eigenvalue weighted by atomic mass is 19.3. The highest BCUT2D eigenvalue weighted by Crippen LogP contribution is 2.23. The lowest BCUT2D eigenvalue weighted by atomic mass is 10.1. The van der Waals surface area contributed by atoms with Crippen molar-refractivity contribution in [3.8, 4) is 5.88 Å². The van der Waals surface area contributed by atoms with Crippen molar-refractivity contribution < 1.29 is 13.5 Å². The summed E-state index contributed by atoms with van der Waals surface area (Å²) < 4.78 is 30.5. The third-order valence-electron chi connectivity index (χ3n) is 3.98. The number of nitrogens with zero attached hydrogens (tertiary/aromatic N) is 5. The number of fused-ring (bicyclic) bond motifs is 1. The van der Waals surface area contributed by atoms with Crippen LogP contribution in [0.3, 0.4) is 0 Å². The summed E-state index contributed by atoms with van der Waals surface area (Å²) >= 11 is 0. The molecule has 0 amide bonds. The molecule has 0 fully saturated rings. The molecule has 0 saturated carbocycles.